The van der Waals surface area contributed by atoms with Crippen LogP contribution in [0.1, 0.15) is 12.0 Å². The fourth-order valence-electron chi connectivity index (χ4n) is 0.991. The molecule has 0 saturated heterocycles. The van der Waals surface area contributed by atoms with Gasteiger partial charge in [-0.2, -0.15) is 12.6 Å². The SMILES string of the molecule is Nc1ccc(O)c(C=CCCS)c1. The molecule has 0 spiro atoms. The molecule has 0 fully saturated rings. The lowest BCUT2D eigenvalue weighted by molar-refractivity contribution is 0.474. The molecule has 0 aromatic heterocycles. The number of benzene rings is 1. The molecule has 1 aromatic carbocycles. The van der Waals surface area contributed by atoms with Crippen molar-refractivity contribution in [2.45, 2.75) is 6.42 Å². The molecule has 0 amide bonds. The second-order valence-corrected chi connectivity index (χ2v) is 3.18. The highest BCUT2D eigenvalue weighted by Gasteiger charge is 1.96. The number of allylic oxidation sites excluding steroid dienone is 1. The molecule has 3 N–H and O–H groups in total. The number of hydrogen-bond donors (Lipinski definition) is 3. The van der Waals surface area contributed by atoms with Crippen LogP contribution in [0.5, 0.6) is 5.75 Å². The lowest BCUT2D eigenvalue weighted by atomic mass is 10.1. The zero-order valence-corrected chi connectivity index (χ0v) is 8.17. The summed E-state index contributed by atoms with van der Waals surface area (Å²) in [6.07, 6.45) is 4.70. The molecule has 0 unspecified atom stereocenters. The van der Waals surface area contributed by atoms with E-state index in [0.29, 0.717) is 5.69 Å². The van der Waals surface area contributed by atoms with E-state index in [-0.39, 0.29) is 5.75 Å². The molecule has 1 rings (SSSR count). The van der Waals surface area contributed by atoms with Gasteiger partial charge in [0.05, 0.1) is 0 Å². The van der Waals surface area contributed by atoms with E-state index in [9.17, 15) is 5.11 Å². The van der Waals surface area contributed by atoms with Gasteiger partial charge in [0.25, 0.3) is 0 Å². The van der Waals surface area contributed by atoms with Crippen molar-refractivity contribution < 1.29 is 5.11 Å². The number of hydrogen-bond acceptors (Lipinski definition) is 3. The standard InChI is InChI=1S/C10H13NOS/c11-9-4-5-10(12)8(7-9)3-1-2-6-13/h1,3-5,7,12-13H,2,6,11H2. The van der Waals surface area contributed by atoms with Crippen LogP contribution in [-0.2, 0) is 0 Å². The molecule has 0 radical (unpaired) electrons. The number of nitrogens with two attached hydrogens (primary N) is 1. The Labute approximate surface area is 83.5 Å². The van der Waals surface area contributed by atoms with Gasteiger partial charge in [-0.25, -0.2) is 0 Å². The fourth-order valence-corrected chi connectivity index (χ4v) is 1.14. The summed E-state index contributed by atoms with van der Waals surface area (Å²) >= 11 is 4.07. The van der Waals surface area contributed by atoms with Crippen LogP contribution in [0.3, 0.4) is 0 Å². The smallest absolute Gasteiger partial charge is 0.122 e. The first-order valence-corrected chi connectivity index (χ1v) is 4.73. The number of aromatic hydroxyl groups is 1. The Morgan fingerprint density at radius 2 is 2.23 bits per heavy atom. The van der Waals surface area contributed by atoms with Crippen molar-refractivity contribution in [3.63, 3.8) is 0 Å². The number of anilines is 1. The summed E-state index contributed by atoms with van der Waals surface area (Å²) in [5.41, 5.74) is 6.98. The van der Waals surface area contributed by atoms with Crippen LogP contribution in [0.25, 0.3) is 6.08 Å². The number of phenols is 1. The second kappa shape index (κ2) is 4.82. The molecule has 0 aliphatic rings. The van der Waals surface area contributed by atoms with Gasteiger partial charge in [-0.1, -0.05) is 12.2 Å². The molecule has 0 bridgehead atoms. The van der Waals surface area contributed by atoms with Crippen LogP contribution < -0.4 is 5.73 Å². The van der Waals surface area contributed by atoms with Gasteiger partial charge in [0.1, 0.15) is 5.75 Å². The molecule has 70 valence electrons. The van der Waals surface area contributed by atoms with Gasteiger partial charge in [0.2, 0.25) is 0 Å². The zero-order chi connectivity index (χ0) is 9.68. The van der Waals surface area contributed by atoms with E-state index in [1.807, 2.05) is 12.2 Å². The Bertz CT molecular complexity index is 310. The maximum Gasteiger partial charge on any atom is 0.122 e. The Balaban J connectivity index is 2.81. The Hall–Kier alpha value is -1.09. The minimum Gasteiger partial charge on any atom is -0.507 e. The fraction of sp³-hybridized carbons (Fsp3) is 0.200. The monoisotopic (exact) mass is 195 g/mol. The van der Waals surface area contributed by atoms with Crippen molar-refractivity contribution in [2.75, 3.05) is 11.5 Å². The number of phenolic OH excluding ortho intramolecular Hbond substituents is 1. The van der Waals surface area contributed by atoms with Crippen molar-refractivity contribution in [1.29, 1.82) is 0 Å². The normalized spacial score (nSPS) is 10.8. The quantitative estimate of drug-likeness (QED) is 0.394. The topological polar surface area (TPSA) is 46.2 Å². The van der Waals surface area contributed by atoms with Gasteiger partial charge >= 0.3 is 0 Å². The maximum absolute atomic E-state index is 9.41. The highest BCUT2D eigenvalue weighted by Crippen LogP contribution is 2.21. The van der Waals surface area contributed by atoms with Crippen molar-refractivity contribution in [1.82, 2.24) is 0 Å². The van der Waals surface area contributed by atoms with E-state index >= 15 is 0 Å². The van der Waals surface area contributed by atoms with Crippen LogP contribution in [0.4, 0.5) is 5.69 Å². The van der Waals surface area contributed by atoms with Gasteiger partial charge in [-0.15, -0.1) is 0 Å². The minimum absolute atomic E-state index is 0.254. The Morgan fingerprint density at radius 1 is 1.46 bits per heavy atom. The molecule has 2 nitrogen and oxygen atoms in total. The average molecular weight is 195 g/mol. The first-order chi connectivity index (χ1) is 6.24. The second-order valence-electron chi connectivity index (χ2n) is 2.73. The maximum atomic E-state index is 9.41. The van der Waals surface area contributed by atoms with Crippen molar-refractivity contribution >= 4 is 24.4 Å². The van der Waals surface area contributed by atoms with E-state index in [1.54, 1.807) is 18.2 Å². The minimum atomic E-state index is 0.254. The third kappa shape index (κ3) is 3.03. The molecule has 0 aliphatic heterocycles. The number of rotatable bonds is 3. The van der Waals surface area contributed by atoms with E-state index < -0.39 is 0 Å². The number of thiol groups is 1. The molecule has 0 aliphatic carbocycles. The van der Waals surface area contributed by atoms with Gasteiger partial charge in [-0.3, -0.25) is 0 Å². The third-order valence-electron chi connectivity index (χ3n) is 1.64. The predicted octanol–water partition coefficient (Wildman–Crippen LogP) is 2.31. The lowest BCUT2D eigenvalue weighted by Crippen LogP contribution is -1.84. The Kier molecular flexibility index (Phi) is 3.71. The molecule has 0 saturated carbocycles. The van der Waals surface area contributed by atoms with E-state index in [2.05, 4.69) is 12.6 Å². The summed E-state index contributed by atoms with van der Waals surface area (Å²) in [7, 11) is 0. The molecule has 3 heteroatoms. The first-order valence-electron chi connectivity index (χ1n) is 4.10. The largest absolute Gasteiger partial charge is 0.507 e. The van der Waals surface area contributed by atoms with E-state index in [4.69, 9.17) is 5.73 Å². The number of nitrogen functional groups attached to an aromatic ring is 1. The summed E-state index contributed by atoms with van der Waals surface area (Å²) in [4.78, 5) is 0. The summed E-state index contributed by atoms with van der Waals surface area (Å²) in [5.74, 6) is 1.06. The summed E-state index contributed by atoms with van der Waals surface area (Å²) in [6, 6.07) is 5.01. The zero-order valence-electron chi connectivity index (χ0n) is 7.27. The lowest BCUT2D eigenvalue weighted by Gasteiger charge is -1.99. The van der Waals surface area contributed by atoms with Crippen LogP contribution in [0, 0.1) is 0 Å². The summed E-state index contributed by atoms with van der Waals surface area (Å²) in [6.45, 7) is 0. The van der Waals surface area contributed by atoms with Gasteiger partial charge in [0, 0.05) is 11.3 Å². The van der Waals surface area contributed by atoms with Crippen molar-refractivity contribution in [2.24, 2.45) is 0 Å². The van der Waals surface area contributed by atoms with Crippen LogP contribution in [0.15, 0.2) is 24.3 Å². The summed E-state index contributed by atoms with van der Waals surface area (Å²) < 4.78 is 0. The van der Waals surface area contributed by atoms with E-state index in [0.717, 1.165) is 17.7 Å². The van der Waals surface area contributed by atoms with Gasteiger partial charge in [-0.05, 0) is 30.4 Å². The first kappa shape index (κ1) is 9.99. The van der Waals surface area contributed by atoms with Crippen molar-refractivity contribution in [3.05, 3.63) is 29.8 Å². The van der Waals surface area contributed by atoms with Crippen LogP contribution in [-0.4, -0.2) is 10.9 Å². The predicted molar refractivity (Wildman–Crippen MR) is 60.0 cm³/mol. The molecule has 0 heterocycles. The highest BCUT2D eigenvalue weighted by molar-refractivity contribution is 7.80. The third-order valence-corrected chi connectivity index (χ3v) is 1.90. The van der Waals surface area contributed by atoms with Crippen LogP contribution in [0.2, 0.25) is 0 Å². The van der Waals surface area contributed by atoms with Crippen LogP contribution >= 0.6 is 12.6 Å². The van der Waals surface area contributed by atoms with E-state index in [1.165, 1.54) is 0 Å². The van der Waals surface area contributed by atoms with Gasteiger partial charge in [0.15, 0.2) is 0 Å². The summed E-state index contributed by atoms with van der Waals surface area (Å²) in [5, 5.41) is 9.41. The van der Waals surface area contributed by atoms with Gasteiger partial charge < -0.3 is 10.8 Å². The van der Waals surface area contributed by atoms with Crippen molar-refractivity contribution in [3.8, 4) is 5.75 Å². The molecular formula is C10H13NOS. The Morgan fingerprint density at radius 3 is 2.92 bits per heavy atom. The molecule has 0 atom stereocenters. The average Bonchev–Trinajstić information content (AvgIpc) is 2.11. The molecule has 1 aromatic rings. The molecular weight excluding hydrogens is 182 g/mol. The molecule has 13 heavy (non-hydrogen) atoms. The highest BCUT2D eigenvalue weighted by atomic mass is 32.1.